The van der Waals surface area contributed by atoms with Crippen LogP contribution in [0.3, 0.4) is 0 Å². The van der Waals surface area contributed by atoms with Gasteiger partial charge in [0.25, 0.3) is 0 Å². The maximum absolute atomic E-state index is 5.72. The lowest BCUT2D eigenvalue weighted by Gasteiger charge is -2.05. The Morgan fingerprint density at radius 3 is 2.12 bits per heavy atom. The molecular formula is C13H14N2S. The van der Waals surface area contributed by atoms with Crippen molar-refractivity contribution in [3.63, 3.8) is 0 Å². The van der Waals surface area contributed by atoms with Gasteiger partial charge in [-0.25, -0.2) is 0 Å². The van der Waals surface area contributed by atoms with E-state index in [0.29, 0.717) is 12.2 Å². The van der Waals surface area contributed by atoms with Crippen LogP contribution in [0.1, 0.15) is 5.56 Å². The Morgan fingerprint density at radius 1 is 0.938 bits per heavy atom. The summed E-state index contributed by atoms with van der Waals surface area (Å²) in [4.78, 5) is 0.806. The third-order valence-electron chi connectivity index (χ3n) is 2.55. The van der Waals surface area contributed by atoms with Crippen LogP contribution < -0.4 is 11.5 Å². The second-order valence-corrected chi connectivity index (χ2v) is 4.16. The molecule has 0 aliphatic rings. The number of nitrogens with two attached hydrogens (primary N) is 2. The van der Waals surface area contributed by atoms with Gasteiger partial charge in [0.05, 0.1) is 0 Å². The molecule has 0 spiro atoms. The van der Waals surface area contributed by atoms with Crippen LogP contribution in [0.25, 0.3) is 11.1 Å². The van der Waals surface area contributed by atoms with Crippen molar-refractivity contribution in [2.45, 2.75) is 11.4 Å². The second-order valence-electron chi connectivity index (χ2n) is 3.67. The topological polar surface area (TPSA) is 52.0 Å². The highest BCUT2D eigenvalue weighted by molar-refractivity contribution is 7.80. The predicted octanol–water partition coefficient (Wildman–Crippen LogP) is 2.68. The molecule has 0 aliphatic carbocycles. The van der Waals surface area contributed by atoms with Crippen LogP contribution in [0.15, 0.2) is 47.4 Å². The Labute approximate surface area is 101 Å². The first-order valence-electron chi connectivity index (χ1n) is 5.08. The second kappa shape index (κ2) is 4.60. The summed E-state index contributed by atoms with van der Waals surface area (Å²) in [5, 5.41) is 0. The van der Waals surface area contributed by atoms with Crippen molar-refractivity contribution in [2.24, 2.45) is 5.73 Å². The van der Waals surface area contributed by atoms with Gasteiger partial charge in [-0.15, -0.1) is 12.6 Å². The Hall–Kier alpha value is -1.45. The molecule has 16 heavy (non-hydrogen) atoms. The molecule has 0 fully saturated rings. The number of benzene rings is 2. The zero-order chi connectivity index (χ0) is 11.5. The fourth-order valence-corrected chi connectivity index (χ4v) is 1.77. The number of rotatable bonds is 2. The largest absolute Gasteiger partial charge is 0.398 e. The summed E-state index contributed by atoms with van der Waals surface area (Å²) in [5.74, 6) is 0. The van der Waals surface area contributed by atoms with E-state index in [1.54, 1.807) is 0 Å². The third kappa shape index (κ3) is 2.21. The molecule has 0 aromatic heterocycles. The first kappa shape index (κ1) is 11.0. The fourth-order valence-electron chi connectivity index (χ4n) is 1.56. The van der Waals surface area contributed by atoms with Crippen LogP contribution in [-0.4, -0.2) is 0 Å². The smallest absolute Gasteiger partial charge is 0.0450 e. The highest BCUT2D eigenvalue weighted by atomic mass is 32.1. The lowest BCUT2D eigenvalue weighted by Crippen LogP contribution is -1.95. The molecule has 0 aliphatic heterocycles. The molecule has 82 valence electrons. The van der Waals surface area contributed by atoms with Crippen LogP contribution in [0.5, 0.6) is 0 Å². The molecule has 2 nitrogen and oxygen atoms in total. The van der Waals surface area contributed by atoms with Gasteiger partial charge in [-0.2, -0.15) is 0 Å². The molecule has 2 aromatic rings. The van der Waals surface area contributed by atoms with E-state index in [4.69, 9.17) is 11.5 Å². The standard InChI is InChI=1S/C13H14N2S/c14-8-9-1-3-10(4-2-9)11-5-6-12(15)13(16)7-11/h1-7,16H,8,14-15H2. The molecule has 0 bridgehead atoms. The first-order valence-corrected chi connectivity index (χ1v) is 5.53. The summed E-state index contributed by atoms with van der Waals surface area (Å²) < 4.78 is 0. The lowest BCUT2D eigenvalue weighted by molar-refractivity contribution is 1.07. The average molecular weight is 230 g/mol. The number of thiol groups is 1. The van der Waals surface area contributed by atoms with Crippen LogP contribution in [0, 0.1) is 0 Å². The number of anilines is 1. The van der Waals surface area contributed by atoms with Gasteiger partial charge in [0.2, 0.25) is 0 Å². The molecule has 0 heterocycles. The van der Waals surface area contributed by atoms with Gasteiger partial charge >= 0.3 is 0 Å². The fraction of sp³-hybridized carbons (Fsp3) is 0.0769. The lowest BCUT2D eigenvalue weighted by atomic mass is 10.0. The van der Waals surface area contributed by atoms with Gasteiger partial charge < -0.3 is 11.5 Å². The SMILES string of the molecule is NCc1ccc(-c2ccc(N)c(S)c2)cc1. The number of nitrogen functional groups attached to an aromatic ring is 1. The van der Waals surface area contributed by atoms with Gasteiger partial charge in [0.1, 0.15) is 0 Å². The van der Waals surface area contributed by atoms with Crippen LogP contribution >= 0.6 is 12.6 Å². The minimum Gasteiger partial charge on any atom is -0.398 e. The van der Waals surface area contributed by atoms with Crippen LogP contribution in [0.4, 0.5) is 5.69 Å². The van der Waals surface area contributed by atoms with Crippen molar-refractivity contribution in [1.29, 1.82) is 0 Å². The van der Waals surface area contributed by atoms with Gasteiger partial charge in [-0.05, 0) is 28.8 Å². The molecule has 0 unspecified atom stereocenters. The van der Waals surface area contributed by atoms with Crippen molar-refractivity contribution in [3.8, 4) is 11.1 Å². The molecule has 0 saturated carbocycles. The summed E-state index contributed by atoms with van der Waals surface area (Å²) in [6.45, 7) is 0.569. The summed E-state index contributed by atoms with van der Waals surface area (Å²) in [7, 11) is 0. The van der Waals surface area contributed by atoms with Crippen molar-refractivity contribution in [2.75, 3.05) is 5.73 Å². The average Bonchev–Trinajstić information content (AvgIpc) is 2.33. The summed E-state index contributed by atoms with van der Waals surface area (Å²) >= 11 is 4.31. The van der Waals surface area contributed by atoms with E-state index < -0.39 is 0 Å². The number of hydrogen-bond donors (Lipinski definition) is 3. The first-order chi connectivity index (χ1) is 7.70. The maximum Gasteiger partial charge on any atom is 0.0450 e. The molecule has 2 aromatic carbocycles. The summed E-state index contributed by atoms with van der Waals surface area (Å²) in [6.07, 6.45) is 0. The van der Waals surface area contributed by atoms with E-state index in [1.807, 2.05) is 30.3 Å². The molecule has 4 N–H and O–H groups in total. The Kier molecular flexibility index (Phi) is 3.17. The van der Waals surface area contributed by atoms with Gasteiger partial charge in [0.15, 0.2) is 0 Å². The highest BCUT2D eigenvalue weighted by Crippen LogP contribution is 2.25. The summed E-state index contributed by atoms with van der Waals surface area (Å²) in [5.41, 5.74) is 15.4. The molecular weight excluding hydrogens is 216 g/mol. The molecule has 0 radical (unpaired) electrons. The van der Waals surface area contributed by atoms with E-state index in [1.165, 1.54) is 0 Å². The molecule has 2 rings (SSSR count). The maximum atomic E-state index is 5.72. The van der Waals surface area contributed by atoms with Crippen molar-refractivity contribution in [3.05, 3.63) is 48.0 Å². The van der Waals surface area contributed by atoms with Crippen molar-refractivity contribution < 1.29 is 0 Å². The van der Waals surface area contributed by atoms with Gasteiger partial charge in [-0.3, -0.25) is 0 Å². The summed E-state index contributed by atoms with van der Waals surface area (Å²) in [6, 6.07) is 14.0. The molecule has 0 saturated heterocycles. The zero-order valence-corrected chi connectivity index (χ0v) is 9.74. The Morgan fingerprint density at radius 2 is 1.56 bits per heavy atom. The van der Waals surface area contributed by atoms with Crippen molar-refractivity contribution in [1.82, 2.24) is 0 Å². The van der Waals surface area contributed by atoms with E-state index >= 15 is 0 Å². The van der Waals surface area contributed by atoms with E-state index in [9.17, 15) is 0 Å². The molecule has 3 heteroatoms. The Bertz CT molecular complexity index is 492. The van der Waals surface area contributed by atoms with Crippen LogP contribution in [0.2, 0.25) is 0 Å². The van der Waals surface area contributed by atoms with E-state index in [2.05, 4.69) is 24.8 Å². The normalized spacial score (nSPS) is 10.4. The monoisotopic (exact) mass is 230 g/mol. The third-order valence-corrected chi connectivity index (χ3v) is 2.94. The van der Waals surface area contributed by atoms with E-state index in [0.717, 1.165) is 21.6 Å². The quantitative estimate of drug-likeness (QED) is 0.549. The Balaban J connectivity index is 2.38. The highest BCUT2D eigenvalue weighted by Gasteiger charge is 2.00. The van der Waals surface area contributed by atoms with Crippen molar-refractivity contribution >= 4 is 18.3 Å². The zero-order valence-electron chi connectivity index (χ0n) is 8.85. The van der Waals surface area contributed by atoms with Gasteiger partial charge in [0, 0.05) is 17.1 Å². The predicted molar refractivity (Wildman–Crippen MR) is 71.4 cm³/mol. The van der Waals surface area contributed by atoms with E-state index in [-0.39, 0.29) is 0 Å². The molecule has 0 atom stereocenters. The van der Waals surface area contributed by atoms with Gasteiger partial charge in [-0.1, -0.05) is 30.3 Å². The minimum absolute atomic E-state index is 0.569. The minimum atomic E-state index is 0.569. The number of hydrogen-bond acceptors (Lipinski definition) is 3. The van der Waals surface area contributed by atoms with Crippen LogP contribution in [-0.2, 0) is 6.54 Å². The molecule has 0 amide bonds.